The molecule has 1 aromatic heterocycles. The van der Waals surface area contributed by atoms with E-state index in [9.17, 15) is 0 Å². The molecule has 21 heavy (non-hydrogen) atoms. The second kappa shape index (κ2) is 6.35. The Morgan fingerprint density at radius 2 is 2.05 bits per heavy atom. The topological polar surface area (TPSA) is 67.7 Å². The van der Waals surface area contributed by atoms with Gasteiger partial charge in [0.15, 0.2) is 0 Å². The minimum Gasteiger partial charge on any atom is -0.384 e. The van der Waals surface area contributed by atoms with Crippen molar-refractivity contribution >= 4 is 17.6 Å². The predicted octanol–water partition coefficient (Wildman–Crippen LogP) is 3.45. The SMILES string of the molecule is CCSc1cccc(-n2nc(C)c(CC)c2C)c1C(=N)N. The fraction of sp³-hybridized carbons (Fsp3) is 0.375. The van der Waals surface area contributed by atoms with Gasteiger partial charge in [0.2, 0.25) is 0 Å². The second-order valence-electron chi connectivity index (χ2n) is 4.91. The first-order valence-electron chi connectivity index (χ1n) is 7.16. The Kier molecular flexibility index (Phi) is 4.73. The normalized spacial score (nSPS) is 10.9. The molecular formula is C16H22N4S. The van der Waals surface area contributed by atoms with Gasteiger partial charge in [-0.3, -0.25) is 5.41 Å². The predicted molar refractivity (Wildman–Crippen MR) is 89.8 cm³/mol. The third kappa shape index (κ3) is 2.83. The molecule has 0 radical (unpaired) electrons. The first kappa shape index (κ1) is 15.6. The summed E-state index contributed by atoms with van der Waals surface area (Å²) in [6.07, 6.45) is 0.955. The number of nitrogen functional groups attached to an aromatic ring is 1. The number of benzene rings is 1. The van der Waals surface area contributed by atoms with E-state index < -0.39 is 0 Å². The van der Waals surface area contributed by atoms with Crippen LogP contribution >= 0.6 is 11.8 Å². The molecule has 112 valence electrons. The van der Waals surface area contributed by atoms with Crippen LogP contribution in [0, 0.1) is 19.3 Å². The average molecular weight is 302 g/mol. The maximum atomic E-state index is 7.94. The lowest BCUT2D eigenvalue weighted by Gasteiger charge is -2.14. The van der Waals surface area contributed by atoms with Crippen LogP contribution in [-0.2, 0) is 6.42 Å². The summed E-state index contributed by atoms with van der Waals surface area (Å²) in [5.74, 6) is 1.04. The van der Waals surface area contributed by atoms with Crippen LogP contribution in [0.5, 0.6) is 0 Å². The molecule has 0 fully saturated rings. The smallest absolute Gasteiger partial charge is 0.126 e. The summed E-state index contributed by atoms with van der Waals surface area (Å²) in [5.41, 5.74) is 10.9. The van der Waals surface area contributed by atoms with Gasteiger partial charge in [-0.25, -0.2) is 4.68 Å². The van der Waals surface area contributed by atoms with Crippen molar-refractivity contribution in [2.75, 3.05) is 5.75 Å². The molecule has 0 aliphatic heterocycles. The Hall–Kier alpha value is -1.75. The number of aromatic nitrogens is 2. The van der Waals surface area contributed by atoms with Crippen LogP contribution in [0.25, 0.3) is 5.69 Å². The highest BCUT2D eigenvalue weighted by Gasteiger charge is 2.17. The molecule has 1 aromatic carbocycles. The van der Waals surface area contributed by atoms with Crippen molar-refractivity contribution in [2.45, 2.75) is 39.0 Å². The highest BCUT2D eigenvalue weighted by molar-refractivity contribution is 7.99. The van der Waals surface area contributed by atoms with Gasteiger partial charge in [0.1, 0.15) is 5.84 Å². The fourth-order valence-electron chi connectivity index (χ4n) is 2.66. The first-order valence-corrected chi connectivity index (χ1v) is 8.15. The van der Waals surface area contributed by atoms with Crippen LogP contribution in [0.15, 0.2) is 23.1 Å². The van der Waals surface area contributed by atoms with Crippen molar-refractivity contribution in [2.24, 2.45) is 5.73 Å². The summed E-state index contributed by atoms with van der Waals surface area (Å²) >= 11 is 1.70. The van der Waals surface area contributed by atoms with Gasteiger partial charge < -0.3 is 5.73 Å². The standard InChI is InChI=1S/C16H22N4S/c1-5-12-10(3)19-20(11(12)4)13-8-7-9-14(21-6-2)15(13)16(17)18/h7-9H,5-6H2,1-4H3,(H3,17,18). The van der Waals surface area contributed by atoms with Gasteiger partial charge in [0.05, 0.1) is 16.9 Å². The van der Waals surface area contributed by atoms with Crippen LogP contribution in [0.2, 0.25) is 0 Å². The second-order valence-corrected chi connectivity index (χ2v) is 6.22. The molecule has 0 unspecified atom stereocenters. The zero-order chi connectivity index (χ0) is 15.6. The molecule has 0 spiro atoms. The van der Waals surface area contributed by atoms with E-state index in [0.29, 0.717) is 0 Å². The van der Waals surface area contributed by atoms with Crippen LogP contribution < -0.4 is 5.73 Å². The lowest BCUT2D eigenvalue weighted by Crippen LogP contribution is -2.17. The molecule has 2 aromatic rings. The minimum atomic E-state index is 0.0900. The number of hydrogen-bond donors (Lipinski definition) is 2. The van der Waals surface area contributed by atoms with Crippen molar-refractivity contribution in [1.29, 1.82) is 5.41 Å². The zero-order valence-corrected chi connectivity index (χ0v) is 13.8. The van der Waals surface area contributed by atoms with E-state index in [1.54, 1.807) is 11.8 Å². The summed E-state index contributed by atoms with van der Waals surface area (Å²) in [5, 5.41) is 12.6. The Bertz CT molecular complexity index is 673. The summed E-state index contributed by atoms with van der Waals surface area (Å²) in [7, 11) is 0. The molecule has 0 saturated heterocycles. The van der Waals surface area contributed by atoms with Gasteiger partial charge in [-0.1, -0.05) is 19.9 Å². The molecule has 2 rings (SSSR count). The van der Waals surface area contributed by atoms with Crippen molar-refractivity contribution in [3.05, 3.63) is 40.7 Å². The van der Waals surface area contributed by atoms with Crippen LogP contribution in [0.3, 0.4) is 0 Å². The van der Waals surface area contributed by atoms with Gasteiger partial charge in [0, 0.05) is 10.6 Å². The minimum absolute atomic E-state index is 0.0900. The van der Waals surface area contributed by atoms with E-state index >= 15 is 0 Å². The molecule has 3 N–H and O–H groups in total. The lowest BCUT2D eigenvalue weighted by atomic mass is 10.1. The number of nitrogens with two attached hydrogens (primary N) is 1. The Morgan fingerprint density at radius 1 is 1.33 bits per heavy atom. The first-order chi connectivity index (χ1) is 10.0. The lowest BCUT2D eigenvalue weighted by molar-refractivity contribution is 0.827. The monoisotopic (exact) mass is 302 g/mol. The molecule has 0 aliphatic rings. The Morgan fingerprint density at radius 3 is 2.57 bits per heavy atom. The molecule has 0 aliphatic carbocycles. The number of amidine groups is 1. The maximum Gasteiger partial charge on any atom is 0.126 e. The quantitative estimate of drug-likeness (QED) is 0.505. The maximum absolute atomic E-state index is 7.94. The van der Waals surface area contributed by atoms with E-state index in [1.165, 1.54) is 5.56 Å². The fourth-order valence-corrected chi connectivity index (χ4v) is 3.51. The summed E-state index contributed by atoms with van der Waals surface area (Å²) in [6.45, 7) is 8.33. The molecule has 0 bridgehead atoms. The van der Waals surface area contributed by atoms with Crippen molar-refractivity contribution in [3.63, 3.8) is 0 Å². The zero-order valence-electron chi connectivity index (χ0n) is 13.0. The third-order valence-corrected chi connectivity index (χ3v) is 4.54. The number of nitrogens with zero attached hydrogens (tertiary/aromatic N) is 2. The molecule has 0 amide bonds. The largest absolute Gasteiger partial charge is 0.384 e. The van der Waals surface area contributed by atoms with Crippen LogP contribution in [0.1, 0.15) is 36.4 Å². The number of thioether (sulfide) groups is 1. The Labute approximate surface area is 130 Å². The van der Waals surface area contributed by atoms with Crippen LogP contribution in [0.4, 0.5) is 0 Å². The van der Waals surface area contributed by atoms with E-state index in [4.69, 9.17) is 11.1 Å². The summed E-state index contributed by atoms with van der Waals surface area (Å²) in [4.78, 5) is 1.04. The van der Waals surface area contributed by atoms with Gasteiger partial charge in [0.25, 0.3) is 0 Å². The van der Waals surface area contributed by atoms with E-state index in [2.05, 4.69) is 25.9 Å². The number of nitrogens with one attached hydrogen (secondary N) is 1. The molecule has 0 atom stereocenters. The third-order valence-electron chi connectivity index (χ3n) is 3.60. The van der Waals surface area contributed by atoms with Gasteiger partial charge in [-0.05, 0) is 43.7 Å². The molecule has 1 heterocycles. The number of hydrogen-bond acceptors (Lipinski definition) is 3. The van der Waals surface area contributed by atoms with E-state index in [-0.39, 0.29) is 5.84 Å². The molecule has 5 heteroatoms. The van der Waals surface area contributed by atoms with Crippen molar-refractivity contribution in [3.8, 4) is 5.69 Å². The van der Waals surface area contributed by atoms with E-state index in [0.717, 1.165) is 39.7 Å². The number of rotatable bonds is 5. The molecule has 0 saturated carbocycles. The summed E-state index contributed by atoms with van der Waals surface area (Å²) < 4.78 is 1.92. The highest BCUT2D eigenvalue weighted by Crippen LogP contribution is 2.29. The van der Waals surface area contributed by atoms with Gasteiger partial charge in [-0.2, -0.15) is 5.10 Å². The number of aryl methyl sites for hydroxylation is 1. The van der Waals surface area contributed by atoms with E-state index in [1.807, 2.05) is 29.8 Å². The van der Waals surface area contributed by atoms with Gasteiger partial charge >= 0.3 is 0 Å². The van der Waals surface area contributed by atoms with Crippen LogP contribution in [-0.4, -0.2) is 21.4 Å². The van der Waals surface area contributed by atoms with Gasteiger partial charge in [-0.15, -0.1) is 11.8 Å². The average Bonchev–Trinajstić information content (AvgIpc) is 2.73. The molecular weight excluding hydrogens is 280 g/mol. The van der Waals surface area contributed by atoms with Crippen molar-refractivity contribution < 1.29 is 0 Å². The molecule has 4 nitrogen and oxygen atoms in total. The highest BCUT2D eigenvalue weighted by atomic mass is 32.2. The van der Waals surface area contributed by atoms with Crippen molar-refractivity contribution in [1.82, 2.24) is 9.78 Å². The Balaban J connectivity index is 2.69. The summed E-state index contributed by atoms with van der Waals surface area (Å²) in [6, 6.07) is 6.00.